The second-order valence-electron chi connectivity index (χ2n) is 6.65. The topological polar surface area (TPSA) is 70.2 Å². The van der Waals surface area contributed by atoms with Crippen LogP contribution in [-0.2, 0) is 0 Å². The van der Waals surface area contributed by atoms with Crippen molar-refractivity contribution in [3.05, 3.63) is 71.3 Å². The molecule has 0 saturated carbocycles. The summed E-state index contributed by atoms with van der Waals surface area (Å²) in [6.07, 6.45) is 0. The van der Waals surface area contributed by atoms with Gasteiger partial charge >= 0.3 is 6.03 Å². The van der Waals surface area contributed by atoms with Crippen molar-refractivity contribution in [3.8, 4) is 0 Å². The standard InChI is InChI=1S/C21H27N3O2/c1-15(2)19(17-7-5-4-6-8-17)24-21(26)23-14-13-22-20(25)18-11-9-16(3)10-12-18/h4-12,15,19H,13-14H2,1-3H3,(H,22,25)(H2,23,24,26). The second-order valence-corrected chi connectivity index (χ2v) is 6.65. The second kappa shape index (κ2) is 9.61. The Hall–Kier alpha value is -2.82. The number of aryl methyl sites for hydroxylation is 1. The predicted molar refractivity (Wildman–Crippen MR) is 104 cm³/mol. The van der Waals surface area contributed by atoms with Gasteiger partial charge in [-0.05, 0) is 30.5 Å². The summed E-state index contributed by atoms with van der Waals surface area (Å²) in [5, 5.41) is 8.59. The van der Waals surface area contributed by atoms with E-state index >= 15 is 0 Å². The number of nitrogens with one attached hydrogen (secondary N) is 3. The SMILES string of the molecule is Cc1ccc(C(=O)NCCNC(=O)NC(c2ccccc2)C(C)C)cc1. The van der Waals surface area contributed by atoms with Crippen LogP contribution in [0.5, 0.6) is 0 Å². The van der Waals surface area contributed by atoms with Crippen molar-refractivity contribution < 1.29 is 9.59 Å². The molecular formula is C21H27N3O2. The molecule has 0 aliphatic rings. The van der Waals surface area contributed by atoms with Crippen molar-refractivity contribution in [1.29, 1.82) is 0 Å². The highest BCUT2D eigenvalue weighted by molar-refractivity contribution is 5.94. The van der Waals surface area contributed by atoms with Crippen LogP contribution >= 0.6 is 0 Å². The van der Waals surface area contributed by atoms with Crippen LogP contribution in [0.3, 0.4) is 0 Å². The maximum atomic E-state index is 12.1. The summed E-state index contributed by atoms with van der Waals surface area (Å²) in [6.45, 7) is 6.85. The van der Waals surface area contributed by atoms with Crippen molar-refractivity contribution in [1.82, 2.24) is 16.0 Å². The Morgan fingerprint density at radius 1 is 0.885 bits per heavy atom. The molecular weight excluding hydrogens is 326 g/mol. The van der Waals surface area contributed by atoms with E-state index < -0.39 is 0 Å². The summed E-state index contributed by atoms with van der Waals surface area (Å²) in [5.41, 5.74) is 2.80. The normalized spacial score (nSPS) is 11.7. The molecule has 0 heterocycles. The third kappa shape index (κ3) is 5.92. The summed E-state index contributed by atoms with van der Waals surface area (Å²) in [6, 6.07) is 17.0. The summed E-state index contributed by atoms with van der Waals surface area (Å²) in [5.74, 6) is 0.126. The zero-order valence-electron chi connectivity index (χ0n) is 15.6. The quantitative estimate of drug-likeness (QED) is 0.668. The maximum Gasteiger partial charge on any atom is 0.315 e. The molecule has 3 amide bonds. The first kappa shape index (κ1) is 19.5. The number of benzene rings is 2. The average Bonchev–Trinajstić information content (AvgIpc) is 2.64. The van der Waals surface area contributed by atoms with Gasteiger partial charge in [-0.25, -0.2) is 4.79 Å². The van der Waals surface area contributed by atoms with E-state index in [0.29, 0.717) is 18.7 Å². The molecule has 26 heavy (non-hydrogen) atoms. The molecule has 0 aliphatic heterocycles. The number of hydrogen-bond acceptors (Lipinski definition) is 2. The fourth-order valence-electron chi connectivity index (χ4n) is 2.65. The fourth-order valence-corrected chi connectivity index (χ4v) is 2.65. The van der Waals surface area contributed by atoms with Crippen molar-refractivity contribution >= 4 is 11.9 Å². The van der Waals surface area contributed by atoms with Gasteiger partial charge in [0.15, 0.2) is 0 Å². The lowest BCUT2D eigenvalue weighted by atomic mass is 9.96. The van der Waals surface area contributed by atoms with Gasteiger partial charge in [-0.3, -0.25) is 4.79 Å². The first-order valence-corrected chi connectivity index (χ1v) is 8.91. The van der Waals surface area contributed by atoms with Gasteiger partial charge in [-0.2, -0.15) is 0 Å². The molecule has 5 heteroatoms. The maximum absolute atomic E-state index is 12.1. The average molecular weight is 353 g/mol. The van der Waals surface area contributed by atoms with E-state index in [2.05, 4.69) is 29.8 Å². The van der Waals surface area contributed by atoms with E-state index in [9.17, 15) is 9.59 Å². The molecule has 0 spiro atoms. The van der Waals surface area contributed by atoms with Gasteiger partial charge in [0.05, 0.1) is 6.04 Å². The van der Waals surface area contributed by atoms with Crippen LogP contribution in [0.25, 0.3) is 0 Å². The molecule has 1 atom stereocenters. The van der Waals surface area contributed by atoms with Crippen LogP contribution in [0.4, 0.5) is 4.79 Å². The number of amides is 3. The van der Waals surface area contributed by atoms with Gasteiger partial charge in [-0.1, -0.05) is 61.9 Å². The van der Waals surface area contributed by atoms with E-state index in [0.717, 1.165) is 11.1 Å². The number of urea groups is 1. The number of carbonyl (C=O) groups excluding carboxylic acids is 2. The molecule has 1 unspecified atom stereocenters. The fraction of sp³-hybridized carbons (Fsp3) is 0.333. The summed E-state index contributed by atoms with van der Waals surface area (Å²) in [4.78, 5) is 24.2. The van der Waals surface area contributed by atoms with E-state index in [4.69, 9.17) is 0 Å². The van der Waals surface area contributed by atoms with Crippen LogP contribution in [0.15, 0.2) is 54.6 Å². The molecule has 0 aromatic heterocycles. The van der Waals surface area contributed by atoms with Gasteiger partial charge in [0.2, 0.25) is 0 Å². The number of rotatable bonds is 7. The smallest absolute Gasteiger partial charge is 0.315 e. The Morgan fingerprint density at radius 2 is 1.50 bits per heavy atom. The molecule has 0 bridgehead atoms. The molecule has 2 aromatic rings. The Morgan fingerprint density at radius 3 is 2.12 bits per heavy atom. The van der Waals surface area contributed by atoms with Crippen LogP contribution in [0.2, 0.25) is 0 Å². The lowest BCUT2D eigenvalue weighted by molar-refractivity contribution is 0.0954. The highest BCUT2D eigenvalue weighted by Crippen LogP contribution is 2.20. The Bertz CT molecular complexity index is 712. The number of carbonyl (C=O) groups is 2. The van der Waals surface area contributed by atoms with Crippen molar-refractivity contribution in [2.45, 2.75) is 26.8 Å². The molecule has 0 radical (unpaired) electrons. The largest absolute Gasteiger partial charge is 0.350 e. The van der Waals surface area contributed by atoms with Crippen LogP contribution < -0.4 is 16.0 Å². The molecule has 3 N–H and O–H groups in total. The molecule has 2 aromatic carbocycles. The van der Waals surface area contributed by atoms with Gasteiger partial charge in [-0.15, -0.1) is 0 Å². The Balaban J connectivity index is 1.75. The van der Waals surface area contributed by atoms with Gasteiger partial charge in [0.1, 0.15) is 0 Å². The predicted octanol–water partition coefficient (Wildman–Crippen LogP) is 3.42. The van der Waals surface area contributed by atoms with Crippen LogP contribution in [0, 0.1) is 12.8 Å². The third-order valence-corrected chi connectivity index (χ3v) is 4.12. The molecule has 2 rings (SSSR count). The molecule has 0 fully saturated rings. The van der Waals surface area contributed by atoms with Gasteiger partial charge in [0, 0.05) is 18.7 Å². The lowest BCUT2D eigenvalue weighted by Crippen LogP contribution is -2.42. The lowest BCUT2D eigenvalue weighted by Gasteiger charge is -2.23. The first-order valence-electron chi connectivity index (χ1n) is 8.91. The van der Waals surface area contributed by atoms with Crippen LogP contribution in [0.1, 0.15) is 41.4 Å². The van der Waals surface area contributed by atoms with E-state index in [1.54, 1.807) is 12.1 Å². The minimum Gasteiger partial charge on any atom is -0.350 e. The van der Waals surface area contributed by atoms with E-state index in [-0.39, 0.29) is 23.9 Å². The van der Waals surface area contributed by atoms with Gasteiger partial charge < -0.3 is 16.0 Å². The van der Waals surface area contributed by atoms with Crippen molar-refractivity contribution in [3.63, 3.8) is 0 Å². The number of hydrogen-bond donors (Lipinski definition) is 3. The minimum atomic E-state index is -0.239. The van der Waals surface area contributed by atoms with E-state index in [1.807, 2.05) is 49.4 Å². The summed E-state index contributed by atoms with van der Waals surface area (Å²) >= 11 is 0. The first-order chi connectivity index (χ1) is 12.5. The zero-order valence-corrected chi connectivity index (χ0v) is 15.6. The Kier molecular flexibility index (Phi) is 7.21. The molecule has 5 nitrogen and oxygen atoms in total. The monoisotopic (exact) mass is 353 g/mol. The third-order valence-electron chi connectivity index (χ3n) is 4.12. The van der Waals surface area contributed by atoms with Crippen molar-refractivity contribution in [2.75, 3.05) is 13.1 Å². The summed E-state index contributed by atoms with van der Waals surface area (Å²) < 4.78 is 0. The highest BCUT2D eigenvalue weighted by atomic mass is 16.2. The highest BCUT2D eigenvalue weighted by Gasteiger charge is 2.17. The zero-order chi connectivity index (χ0) is 18.9. The molecule has 0 aliphatic carbocycles. The van der Waals surface area contributed by atoms with Crippen molar-refractivity contribution in [2.24, 2.45) is 5.92 Å². The van der Waals surface area contributed by atoms with E-state index in [1.165, 1.54) is 0 Å². The minimum absolute atomic E-state index is 0.0571. The summed E-state index contributed by atoms with van der Waals surface area (Å²) in [7, 11) is 0. The Labute approximate surface area is 155 Å². The van der Waals surface area contributed by atoms with Crippen LogP contribution in [-0.4, -0.2) is 25.0 Å². The molecule has 0 saturated heterocycles. The van der Waals surface area contributed by atoms with Gasteiger partial charge in [0.25, 0.3) is 5.91 Å². The molecule has 138 valence electrons.